The number of nitrogens with one attached hydrogen (secondary N) is 1. The van der Waals surface area contributed by atoms with Gasteiger partial charge in [-0.25, -0.2) is 13.2 Å². The number of carboxylic acid groups (broad SMARTS) is 1. The second-order valence-electron chi connectivity index (χ2n) is 8.72. The lowest BCUT2D eigenvalue weighted by molar-refractivity contribution is -0.137. The second kappa shape index (κ2) is 11.5. The molecule has 0 saturated carbocycles. The third kappa shape index (κ3) is 7.85. The van der Waals surface area contributed by atoms with E-state index in [4.69, 9.17) is 9.84 Å². The maximum Gasteiger partial charge on any atom is 0.416 e. The molecule has 0 aliphatic carbocycles. The van der Waals surface area contributed by atoms with Crippen LogP contribution in [0.1, 0.15) is 36.1 Å². The Kier molecular flexibility index (Phi) is 8.65. The zero-order valence-corrected chi connectivity index (χ0v) is 20.9. The van der Waals surface area contributed by atoms with Gasteiger partial charge in [0.25, 0.3) is 10.0 Å². The molecule has 3 rings (SSSR count). The molecule has 0 bridgehead atoms. The zero-order chi connectivity index (χ0) is 27.2. The molecule has 0 spiro atoms. The Bertz CT molecular complexity index is 1380. The molecule has 3 aromatic carbocycles. The molecule has 0 aliphatic rings. The van der Waals surface area contributed by atoms with E-state index in [0.29, 0.717) is 23.1 Å². The molecule has 10 heteroatoms. The zero-order valence-electron chi connectivity index (χ0n) is 20.1. The van der Waals surface area contributed by atoms with Crippen LogP contribution in [0.25, 0.3) is 6.08 Å². The van der Waals surface area contributed by atoms with Gasteiger partial charge in [-0.15, -0.1) is 0 Å². The van der Waals surface area contributed by atoms with E-state index in [1.165, 1.54) is 12.1 Å². The summed E-state index contributed by atoms with van der Waals surface area (Å²) in [5, 5.41) is 8.72. The number of anilines is 1. The fourth-order valence-corrected chi connectivity index (χ4v) is 4.85. The third-order valence-corrected chi connectivity index (χ3v) is 6.70. The lowest BCUT2D eigenvalue weighted by atomic mass is 10.0. The fraction of sp³-hybridized carbons (Fsp3) is 0.222. The number of rotatable bonds is 10. The quantitative estimate of drug-likeness (QED) is 0.295. The van der Waals surface area contributed by atoms with E-state index in [1.54, 1.807) is 42.5 Å². The number of sulfonamides is 1. The molecule has 0 heterocycles. The number of hydrogen-bond donors (Lipinski definition) is 2. The Balaban J connectivity index is 1.90. The average Bonchev–Trinajstić information content (AvgIpc) is 2.81. The maximum atomic E-state index is 13.4. The second-order valence-corrected chi connectivity index (χ2v) is 10.4. The van der Waals surface area contributed by atoms with Crippen molar-refractivity contribution in [1.82, 2.24) is 0 Å². The highest BCUT2D eigenvalue weighted by atomic mass is 32.2. The maximum absolute atomic E-state index is 13.4. The molecule has 2 N–H and O–H groups in total. The fourth-order valence-electron chi connectivity index (χ4n) is 3.53. The molecular formula is C27H26F3NO5S. The summed E-state index contributed by atoms with van der Waals surface area (Å²) in [6.07, 6.45) is -1.78. The summed E-state index contributed by atoms with van der Waals surface area (Å²) < 4.78 is 74.6. The summed E-state index contributed by atoms with van der Waals surface area (Å²) in [6.45, 7) is 3.75. The van der Waals surface area contributed by atoms with Gasteiger partial charge in [-0.2, -0.15) is 13.2 Å². The molecule has 0 amide bonds. The van der Waals surface area contributed by atoms with Crippen LogP contribution in [0.15, 0.2) is 77.7 Å². The number of halogens is 3. The van der Waals surface area contributed by atoms with Crippen molar-refractivity contribution in [1.29, 1.82) is 0 Å². The normalized spacial score (nSPS) is 12.2. The van der Waals surface area contributed by atoms with Gasteiger partial charge in [0.2, 0.25) is 0 Å². The van der Waals surface area contributed by atoms with Gasteiger partial charge in [0.15, 0.2) is 0 Å². The first-order valence-electron chi connectivity index (χ1n) is 11.3. The summed E-state index contributed by atoms with van der Waals surface area (Å²) in [6, 6.07) is 15.5. The minimum atomic E-state index is -4.66. The number of ether oxygens (including phenoxy) is 1. The van der Waals surface area contributed by atoms with E-state index in [-0.39, 0.29) is 28.9 Å². The van der Waals surface area contributed by atoms with Gasteiger partial charge < -0.3 is 9.84 Å². The molecule has 3 aromatic rings. The number of carbonyl (C=O) groups is 1. The van der Waals surface area contributed by atoms with Crippen molar-refractivity contribution < 1.29 is 36.2 Å². The average molecular weight is 534 g/mol. The van der Waals surface area contributed by atoms with E-state index in [9.17, 15) is 26.4 Å². The van der Waals surface area contributed by atoms with Gasteiger partial charge in [0, 0.05) is 6.08 Å². The standard InChI is InChI=1S/C27H26F3NO5S/c1-18(2)15-21-5-3-4-6-25(21)37(34,35)31-23-13-12-22(27(28,29)30)16-24(23)36-17-20-9-7-19(8-10-20)11-14-26(32)33/h3-14,16,18,31H,15,17H2,1-2H3,(H,32,33)/b14-11+. The summed E-state index contributed by atoms with van der Waals surface area (Å²) in [5.41, 5.74) is 0.671. The molecular weight excluding hydrogens is 507 g/mol. The van der Waals surface area contributed by atoms with Crippen molar-refractivity contribution >= 4 is 27.8 Å². The molecule has 0 saturated heterocycles. The summed E-state index contributed by atoms with van der Waals surface area (Å²) >= 11 is 0. The van der Waals surface area contributed by atoms with Crippen LogP contribution in [0.5, 0.6) is 5.75 Å². The first-order chi connectivity index (χ1) is 17.3. The Morgan fingerprint density at radius 2 is 1.73 bits per heavy atom. The van der Waals surface area contributed by atoms with Crippen molar-refractivity contribution in [3.8, 4) is 5.75 Å². The van der Waals surface area contributed by atoms with Gasteiger partial charge in [-0.1, -0.05) is 56.3 Å². The van der Waals surface area contributed by atoms with E-state index >= 15 is 0 Å². The number of aliphatic carboxylic acids is 1. The number of benzene rings is 3. The number of hydrogen-bond acceptors (Lipinski definition) is 4. The van der Waals surface area contributed by atoms with E-state index < -0.39 is 27.7 Å². The molecule has 0 aliphatic heterocycles. The first kappa shape index (κ1) is 27.8. The predicted octanol–water partition coefficient (Wildman–Crippen LogP) is 6.38. The van der Waals surface area contributed by atoms with Crippen molar-refractivity contribution in [2.24, 2.45) is 5.92 Å². The van der Waals surface area contributed by atoms with Crippen molar-refractivity contribution in [2.75, 3.05) is 4.72 Å². The minimum absolute atomic E-state index is 0.0413. The third-order valence-electron chi connectivity index (χ3n) is 5.24. The van der Waals surface area contributed by atoms with Crippen LogP contribution in [0.3, 0.4) is 0 Å². The van der Waals surface area contributed by atoms with Gasteiger partial charge >= 0.3 is 12.1 Å². The van der Waals surface area contributed by atoms with Crippen LogP contribution >= 0.6 is 0 Å². The van der Waals surface area contributed by atoms with Crippen LogP contribution in [0.2, 0.25) is 0 Å². The highest BCUT2D eigenvalue weighted by Crippen LogP contribution is 2.36. The van der Waals surface area contributed by atoms with Crippen LogP contribution in [-0.2, 0) is 34.0 Å². The predicted molar refractivity (Wildman–Crippen MR) is 135 cm³/mol. The monoisotopic (exact) mass is 533 g/mol. The Morgan fingerprint density at radius 1 is 1.05 bits per heavy atom. The highest BCUT2D eigenvalue weighted by molar-refractivity contribution is 7.92. The lowest BCUT2D eigenvalue weighted by Gasteiger charge is -2.18. The smallest absolute Gasteiger partial charge is 0.416 e. The topological polar surface area (TPSA) is 92.7 Å². The Labute approximate surface area is 213 Å². The lowest BCUT2D eigenvalue weighted by Crippen LogP contribution is -2.17. The van der Waals surface area contributed by atoms with Gasteiger partial charge in [-0.3, -0.25) is 4.72 Å². The van der Waals surface area contributed by atoms with E-state index in [1.807, 2.05) is 13.8 Å². The molecule has 37 heavy (non-hydrogen) atoms. The van der Waals surface area contributed by atoms with Crippen LogP contribution < -0.4 is 9.46 Å². The van der Waals surface area contributed by atoms with Gasteiger partial charge in [-0.05, 0) is 59.4 Å². The van der Waals surface area contributed by atoms with Crippen molar-refractivity contribution in [3.05, 3.63) is 95.1 Å². The number of carboxylic acids is 1. The summed E-state index contributed by atoms with van der Waals surface area (Å²) in [5.74, 6) is -1.19. The molecule has 0 atom stereocenters. The molecule has 0 unspecified atom stereocenters. The molecule has 0 radical (unpaired) electrons. The van der Waals surface area contributed by atoms with Crippen molar-refractivity contribution in [2.45, 2.75) is 37.9 Å². The summed E-state index contributed by atoms with van der Waals surface area (Å²) in [7, 11) is -4.13. The van der Waals surface area contributed by atoms with Crippen LogP contribution in [-0.4, -0.2) is 19.5 Å². The van der Waals surface area contributed by atoms with Crippen LogP contribution in [0, 0.1) is 5.92 Å². The molecule has 196 valence electrons. The first-order valence-corrected chi connectivity index (χ1v) is 12.8. The van der Waals surface area contributed by atoms with Gasteiger partial charge in [0.1, 0.15) is 12.4 Å². The van der Waals surface area contributed by atoms with Crippen LogP contribution in [0.4, 0.5) is 18.9 Å². The number of alkyl halides is 3. The molecule has 0 aromatic heterocycles. The van der Waals surface area contributed by atoms with E-state index in [2.05, 4.69) is 4.72 Å². The SMILES string of the molecule is CC(C)Cc1ccccc1S(=O)(=O)Nc1ccc(C(F)(F)F)cc1OCc1ccc(/C=C/C(=O)O)cc1. The molecule has 6 nitrogen and oxygen atoms in total. The Morgan fingerprint density at radius 3 is 2.35 bits per heavy atom. The largest absolute Gasteiger partial charge is 0.487 e. The summed E-state index contributed by atoms with van der Waals surface area (Å²) in [4.78, 5) is 10.7. The minimum Gasteiger partial charge on any atom is -0.487 e. The molecule has 0 fully saturated rings. The van der Waals surface area contributed by atoms with Crippen molar-refractivity contribution in [3.63, 3.8) is 0 Å². The van der Waals surface area contributed by atoms with E-state index in [0.717, 1.165) is 24.3 Å². The highest BCUT2D eigenvalue weighted by Gasteiger charge is 2.32. The van der Waals surface area contributed by atoms with Gasteiger partial charge in [0.05, 0.1) is 16.1 Å². The Hall–Kier alpha value is -3.79.